The molecule has 6 nitrogen and oxygen atoms in total. The summed E-state index contributed by atoms with van der Waals surface area (Å²) in [6, 6.07) is 8.59. The highest BCUT2D eigenvalue weighted by Gasteiger charge is 2.18. The van der Waals surface area contributed by atoms with Crippen LogP contribution in [0.5, 0.6) is 0 Å². The fraction of sp³-hybridized carbons (Fsp3) is 0.438. The molecule has 3 rings (SSSR count). The molecule has 1 aromatic heterocycles. The van der Waals surface area contributed by atoms with Crippen LogP contribution in [0.15, 0.2) is 33.8 Å². The van der Waals surface area contributed by atoms with E-state index in [0.717, 1.165) is 32.0 Å². The number of guanidine groups is 1. The molecular weight excluding hydrogens is 405 g/mol. The number of nitrogens with one attached hydrogen (secondary N) is 1. The maximum absolute atomic E-state index is 5.12. The number of rotatable bonds is 3. The van der Waals surface area contributed by atoms with Crippen LogP contribution in [0.4, 0.5) is 0 Å². The van der Waals surface area contributed by atoms with E-state index in [1.807, 2.05) is 6.92 Å². The number of nitrogens with zero attached hydrogens (tertiary/aromatic N) is 4. The second kappa shape index (κ2) is 8.28. The first-order valence-corrected chi connectivity index (χ1v) is 7.65. The molecule has 23 heavy (non-hydrogen) atoms. The minimum Gasteiger partial charge on any atom is -0.356 e. The van der Waals surface area contributed by atoms with E-state index in [2.05, 4.69) is 56.5 Å². The van der Waals surface area contributed by atoms with Crippen LogP contribution in [-0.4, -0.2) is 34.1 Å². The number of hydrogen-bond acceptors (Lipinski definition) is 4. The zero-order valence-corrected chi connectivity index (χ0v) is 15.8. The van der Waals surface area contributed by atoms with Gasteiger partial charge in [-0.3, -0.25) is 0 Å². The van der Waals surface area contributed by atoms with Crippen molar-refractivity contribution in [1.82, 2.24) is 20.4 Å². The Morgan fingerprint density at radius 3 is 2.83 bits per heavy atom. The predicted molar refractivity (Wildman–Crippen MR) is 99.8 cm³/mol. The molecular formula is C16H22IN5O. The zero-order valence-electron chi connectivity index (χ0n) is 13.5. The highest BCUT2D eigenvalue weighted by molar-refractivity contribution is 14.0. The second-order valence-corrected chi connectivity index (χ2v) is 5.35. The van der Waals surface area contributed by atoms with Crippen molar-refractivity contribution < 1.29 is 4.52 Å². The first-order chi connectivity index (χ1) is 10.8. The first kappa shape index (κ1) is 17.7. The van der Waals surface area contributed by atoms with Crippen LogP contribution in [0.25, 0.3) is 0 Å². The van der Waals surface area contributed by atoms with Gasteiger partial charge in [-0.2, -0.15) is 4.98 Å². The number of benzene rings is 1. The van der Waals surface area contributed by atoms with Crippen LogP contribution in [0, 0.1) is 6.92 Å². The predicted octanol–water partition coefficient (Wildman–Crippen LogP) is 2.52. The fourth-order valence-electron chi connectivity index (χ4n) is 2.65. The van der Waals surface area contributed by atoms with E-state index < -0.39 is 0 Å². The molecule has 2 heterocycles. The highest BCUT2D eigenvalue weighted by Crippen LogP contribution is 2.18. The topological polar surface area (TPSA) is 66.5 Å². The summed E-state index contributed by atoms with van der Waals surface area (Å²) in [6.45, 7) is 6.96. The lowest BCUT2D eigenvalue weighted by Gasteiger charge is -2.31. The number of aliphatic imine (C=N–C) groups is 1. The normalized spacial score (nSPS) is 14.2. The maximum atomic E-state index is 5.12. The molecule has 2 aromatic rings. The lowest BCUT2D eigenvalue weighted by Crippen LogP contribution is -2.44. The molecule has 1 aromatic carbocycles. The Bertz CT molecular complexity index is 670. The monoisotopic (exact) mass is 427 g/mol. The lowest BCUT2D eigenvalue weighted by atomic mass is 10.0. The quantitative estimate of drug-likeness (QED) is 0.464. The molecule has 124 valence electrons. The Morgan fingerprint density at radius 1 is 1.35 bits per heavy atom. The summed E-state index contributed by atoms with van der Waals surface area (Å²) in [5.41, 5.74) is 2.80. The minimum absolute atomic E-state index is 0. The Kier molecular flexibility index (Phi) is 6.37. The number of fused-ring (bicyclic) bond motifs is 1. The van der Waals surface area contributed by atoms with Crippen molar-refractivity contribution >= 4 is 29.9 Å². The van der Waals surface area contributed by atoms with Crippen molar-refractivity contribution in [3.63, 3.8) is 0 Å². The Hall–Kier alpha value is -1.64. The van der Waals surface area contributed by atoms with Crippen LogP contribution < -0.4 is 5.32 Å². The van der Waals surface area contributed by atoms with Gasteiger partial charge in [-0.05, 0) is 31.4 Å². The van der Waals surface area contributed by atoms with E-state index in [0.29, 0.717) is 18.3 Å². The third kappa shape index (κ3) is 4.43. The first-order valence-electron chi connectivity index (χ1n) is 7.65. The Morgan fingerprint density at radius 2 is 2.13 bits per heavy atom. The van der Waals surface area contributed by atoms with Crippen molar-refractivity contribution in [1.29, 1.82) is 0 Å². The molecule has 1 N–H and O–H groups in total. The van der Waals surface area contributed by atoms with Crippen molar-refractivity contribution in [3.8, 4) is 0 Å². The van der Waals surface area contributed by atoms with Crippen molar-refractivity contribution in [2.45, 2.75) is 33.4 Å². The Labute approximate surface area is 153 Å². The molecule has 0 saturated carbocycles. The maximum Gasteiger partial charge on any atom is 0.248 e. The summed E-state index contributed by atoms with van der Waals surface area (Å²) < 4.78 is 5.12. The van der Waals surface area contributed by atoms with Gasteiger partial charge in [0.25, 0.3) is 0 Å². The van der Waals surface area contributed by atoms with Gasteiger partial charge in [0.05, 0.1) is 0 Å². The van der Waals surface area contributed by atoms with E-state index in [-0.39, 0.29) is 24.0 Å². The van der Waals surface area contributed by atoms with E-state index in [1.165, 1.54) is 11.1 Å². The summed E-state index contributed by atoms with van der Waals surface area (Å²) in [5.74, 6) is 2.08. The van der Waals surface area contributed by atoms with Crippen molar-refractivity contribution in [2.75, 3.05) is 13.1 Å². The zero-order chi connectivity index (χ0) is 15.4. The smallest absolute Gasteiger partial charge is 0.248 e. The number of halogens is 1. The van der Waals surface area contributed by atoms with Gasteiger partial charge in [-0.15, -0.1) is 24.0 Å². The Balaban J connectivity index is 0.00000192. The van der Waals surface area contributed by atoms with Gasteiger partial charge in [-0.1, -0.05) is 29.4 Å². The fourth-order valence-corrected chi connectivity index (χ4v) is 2.65. The van der Waals surface area contributed by atoms with Crippen LogP contribution in [0.1, 0.15) is 29.8 Å². The highest BCUT2D eigenvalue weighted by atomic mass is 127. The van der Waals surface area contributed by atoms with Crippen molar-refractivity contribution in [2.24, 2.45) is 4.99 Å². The van der Waals surface area contributed by atoms with Crippen LogP contribution >= 0.6 is 24.0 Å². The third-order valence-electron chi connectivity index (χ3n) is 3.70. The van der Waals surface area contributed by atoms with Crippen LogP contribution in [0.2, 0.25) is 0 Å². The SMILES string of the molecule is CCNC(=NCc1nc(C)no1)N1CCc2ccccc2C1.I. The molecule has 0 spiro atoms. The average Bonchev–Trinajstić information content (AvgIpc) is 2.96. The molecule has 7 heteroatoms. The van der Waals surface area contributed by atoms with Crippen molar-refractivity contribution in [3.05, 3.63) is 47.1 Å². The largest absolute Gasteiger partial charge is 0.356 e. The van der Waals surface area contributed by atoms with Gasteiger partial charge in [0.15, 0.2) is 11.8 Å². The summed E-state index contributed by atoms with van der Waals surface area (Å²) >= 11 is 0. The van der Waals surface area contributed by atoms with Gasteiger partial charge in [0.1, 0.15) is 6.54 Å². The molecule has 0 fully saturated rings. The summed E-state index contributed by atoms with van der Waals surface area (Å²) in [4.78, 5) is 11.1. The number of hydrogen-bond donors (Lipinski definition) is 1. The molecule has 0 aliphatic carbocycles. The molecule has 0 atom stereocenters. The lowest BCUT2D eigenvalue weighted by molar-refractivity contribution is 0.365. The van der Waals surface area contributed by atoms with E-state index >= 15 is 0 Å². The van der Waals surface area contributed by atoms with Gasteiger partial charge in [0.2, 0.25) is 5.89 Å². The summed E-state index contributed by atoms with van der Waals surface area (Å²) in [6.07, 6.45) is 1.04. The summed E-state index contributed by atoms with van der Waals surface area (Å²) in [5, 5.41) is 7.14. The summed E-state index contributed by atoms with van der Waals surface area (Å²) in [7, 11) is 0. The van der Waals surface area contributed by atoms with Gasteiger partial charge in [-0.25, -0.2) is 4.99 Å². The van der Waals surface area contributed by atoms with Gasteiger partial charge < -0.3 is 14.7 Å². The molecule has 1 aliphatic rings. The molecule has 0 radical (unpaired) electrons. The van der Waals surface area contributed by atoms with E-state index in [1.54, 1.807) is 0 Å². The van der Waals surface area contributed by atoms with Gasteiger partial charge >= 0.3 is 0 Å². The van der Waals surface area contributed by atoms with Crippen LogP contribution in [0.3, 0.4) is 0 Å². The standard InChI is InChI=1S/C16H21N5O.HI/c1-3-17-16(18-10-15-19-12(2)20-22-15)21-9-8-13-6-4-5-7-14(13)11-21;/h4-7H,3,8-11H2,1-2H3,(H,17,18);1H. The van der Waals surface area contributed by atoms with Gasteiger partial charge in [0, 0.05) is 19.6 Å². The third-order valence-corrected chi connectivity index (χ3v) is 3.70. The van der Waals surface area contributed by atoms with Crippen LogP contribution in [-0.2, 0) is 19.5 Å². The molecule has 0 bridgehead atoms. The molecule has 0 amide bonds. The number of aromatic nitrogens is 2. The second-order valence-electron chi connectivity index (χ2n) is 5.35. The minimum atomic E-state index is 0. The van der Waals surface area contributed by atoms with E-state index in [9.17, 15) is 0 Å². The molecule has 1 aliphatic heterocycles. The average molecular weight is 427 g/mol. The molecule has 0 unspecified atom stereocenters. The van der Waals surface area contributed by atoms with E-state index in [4.69, 9.17) is 4.52 Å². The molecule has 0 saturated heterocycles. The number of aryl methyl sites for hydroxylation is 1.